The zero-order valence-electron chi connectivity index (χ0n) is 14.8. The third-order valence-corrected chi connectivity index (χ3v) is 6.94. The molecule has 0 aromatic heterocycles. The van der Waals surface area contributed by atoms with Crippen molar-refractivity contribution in [3.8, 4) is 0 Å². The Bertz CT molecular complexity index is 743. The summed E-state index contributed by atoms with van der Waals surface area (Å²) < 4.78 is 19.1. The zero-order chi connectivity index (χ0) is 17.7. The van der Waals surface area contributed by atoms with Gasteiger partial charge in [-0.2, -0.15) is 0 Å². The van der Waals surface area contributed by atoms with Gasteiger partial charge >= 0.3 is 0 Å². The molecule has 2 aromatic rings. The van der Waals surface area contributed by atoms with Gasteiger partial charge in [-0.05, 0) is 31.9 Å². The lowest BCUT2D eigenvalue weighted by Crippen LogP contribution is -2.18. The van der Waals surface area contributed by atoms with Gasteiger partial charge in [-0.15, -0.1) is 0 Å². The number of benzene rings is 2. The van der Waals surface area contributed by atoms with E-state index in [2.05, 4.69) is 0 Å². The maximum atomic E-state index is 13.3. The van der Waals surface area contributed by atoms with Crippen LogP contribution in [0.25, 0.3) is 0 Å². The Morgan fingerprint density at radius 3 is 2.17 bits per heavy atom. The molecule has 0 aliphatic heterocycles. The van der Waals surface area contributed by atoms with Gasteiger partial charge in [0.05, 0.1) is 6.61 Å². The largest absolute Gasteiger partial charge is 0.325 e. The van der Waals surface area contributed by atoms with Crippen LogP contribution in [0.2, 0.25) is 0 Å². The van der Waals surface area contributed by atoms with E-state index in [0.717, 1.165) is 22.0 Å². The van der Waals surface area contributed by atoms with Crippen molar-refractivity contribution in [2.75, 3.05) is 12.8 Å². The number of hydrogen-bond donors (Lipinski definition) is 0. The van der Waals surface area contributed by atoms with E-state index >= 15 is 0 Å². The quantitative estimate of drug-likeness (QED) is 0.534. The average Bonchev–Trinajstić information content (AvgIpc) is 2.54. The van der Waals surface area contributed by atoms with E-state index in [4.69, 9.17) is 4.52 Å². The standard InChI is InChI=1S/C20H25O3P/c1-5-24(22,20-16(3)13-15(2)14-17(20)4)23-12-11-19(21)18-9-7-6-8-10-18/h6-10,13-14H,5,11-12H2,1-4H3. The van der Waals surface area contributed by atoms with Gasteiger partial charge in [0, 0.05) is 23.5 Å². The summed E-state index contributed by atoms with van der Waals surface area (Å²) in [6.07, 6.45) is 0.662. The van der Waals surface area contributed by atoms with Gasteiger partial charge in [0.2, 0.25) is 7.37 Å². The summed E-state index contributed by atoms with van der Waals surface area (Å²) in [6.45, 7) is 8.01. The first-order valence-corrected chi connectivity index (χ1v) is 10.1. The SMILES string of the molecule is CCP(=O)(OCCC(=O)c1ccccc1)c1c(C)cc(C)cc1C. The van der Waals surface area contributed by atoms with E-state index in [1.807, 2.05) is 58.0 Å². The summed E-state index contributed by atoms with van der Waals surface area (Å²) in [5.74, 6) is 0.00982. The number of carbonyl (C=O) groups excluding carboxylic acids is 1. The molecule has 4 heteroatoms. The fourth-order valence-electron chi connectivity index (χ4n) is 3.08. The molecule has 0 saturated carbocycles. The number of carbonyl (C=O) groups is 1. The van der Waals surface area contributed by atoms with Crippen molar-refractivity contribution in [3.63, 3.8) is 0 Å². The van der Waals surface area contributed by atoms with Crippen LogP contribution in [0.1, 0.15) is 40.4 Å². The molecule has 0 radical (unpaired) electrons. The van der Waals surface area contributed by atoms with Crippen LogP contribution in [0.5, 0.6) is 0 Å². The highest BCUT2D eigenvalue weighted by Gasteiger charge is 2.28. The number of ketones is 1. The second-order valence-corrected chi connectivity index (χ2v) is 8.79. The minimum absolute atomic E-state index is 0.00982. The van der Waals surface area contributed by atoms with E-state index in [9.17, 15) is 9.36 Å². The molecule has 1 unspecified atom stereocenters. The molecule has 24 heavy (non-hydrogen) atoms. The maximum absolute atomic E-state index is 13.3. The average molecular weight is 344 g/mol. The zero-order valence-corrected chi connectivity index (χ0v) is 15.7. The first kappa shape index (κ1) is 18.6. The van der Waals surface area contributed by atoms with E-state index in [-0.39, 0.29) is 18.8 Å². The van der Waals surface area contributed by atoms with Crippen molar-refractivity contribution in [1.29, 1.82) is 0 Å². The molecule has 0 saturated heterocycles. The Hall–Kier alpha value is -1.70. The van der Waals surface area contributed by atoms with Crippen LogP contribution in [0, 0.1) is 20.8 Å². The highest BCUT2D eigenvalue weighted by molar-refractivity contribution is 7.67. The van der Waals surface area contributed by atoms with E-state index in [1.54, 1.807) is 12.1 Å². The van der Waals surface area contributed by atoms with Crippen molar-refractivity contribution < 1.29 is 13.9 Å². The highest BCUT2D eigenvalue weighted by Crippen LogP contribution is 2.47. The normalized spacial score (nSPS) is 13.5. The summed E-state index contributed by atoms with van der Waals surface area (Å²) in [4.78, 5) is 12.2. The lowest BCUT2D eigenvalue weighted by molar-refractivity contribution is 0.0964. The van der Waals surface area contributed by atoms with E-state index in [0.29, 0.717) is 11.7 Å². The first-order chi connectivity index (χ1) is 11.4. The summed E-state index contributed by atoms with van der Waals surface area (Å²) in [5, 5.41) is 0.808. The van der Waals surface area contributed by atoms with Crippen molar-refractivity contribution >= 4 is 18.5 Å². The molecule has 0 heterocycles. The molecule has 0 aliphatic carbocycles. The molecule has 0 aliphatic rings. The van der Waals surface area contributed by atoms with Crippen LogP contribution >= 0.6 is 7.37 Å². The molecule has 0 bridgehead atoms. The molecule has 2 rings (SSSR count). The second kappa shape index (κ2) is 7.92. The first-order valence-electron chi connectivity index (χ1n) is 8.27. The number of Topliss-reactive ketones (excluding diaryl/α,β-unsaturated/α-hetero) is 1. The number of rotatable bonds is 7. The fraction of sp³-hybridized carbons (Fsp3) is 0.350. The fourth-order valence-corrected chi connectivity index (χ4v) is 5.30. The summed E-state index contributed by atoms with van der Waals surface area (Å²) in [7, 11) is -2.95. The van der Waals surface area contributed by atoms with Gasteiger partial charge in [0.15, 0.2) is 5.78 Å². The monoisotopic (exact) mass is 344 g/mol. The lowest BCUT2D eigenvalue weighted by atomic mass is 10.1. The molecule has 0 fully saturated rings. The molecule has 128 valence electrons. The Kier molecular flexibility index (Phi) is 6.15. The third kappa shape index (κ3) is 4.23. The summed E-state index contributed by atoms with van der Waals surface area (Å²) in [5.41, 5.74) is 3.80. The van der Waals surface area contributed by atoms with Crippen LogP contribution in [0.4, 0.5) is 0 Å². The predicted octanol–water partition coefficient (Wildman–Crippen LogP) is 4.82. The van der Waals surface area contributed by atoms with Crippen molar-refractivity contribution in [1.82, 2.24) is 0 Å². The minimum Gasteiger partial charge on any atom is -0.325 e. The molecule has 0 spiro atoms. The van der Waals surface area contributed by atoms with Crippen LogP contribution < -0.4 is 5.30 Å². The predicted molar refractivity (Wildman–Crippen MR) is 99.8 cm³/mol. The Labute approximate surface area is 144 Å². The van der Waals surface area contributed by atoms with E-state index < -0.39 is 7.37 Å². The van der Waals surface area contributed by atoms with Crippen LogP contribution in [-0.4, -0.2) is 18.6 Å². The van der Waals surface area contributed by atoms with E-state index in [1.165, 1.54) is 0 Å². The smallest absolute Gasteiger partial charge is 0.232 e. The van der Waals surface area contributed by atoms with Gasteiger partial charge in [0.1, 0.15) is 0 Å². The van der Waals surface area contributed by atoms with Crippen LogP contribution in [-0.2, 0) is 9.09 Å². The Morgan fingerprint density at radius 1 is 1.04 bits per heavy atom. The van der Waals surface area contributed by atoms with Crippen LogP contribution in [0.15, 0.2) is 42.5 Å². The molecular formula is C20H25O3P. The van der Waals surface area contributed by atoms with Gasteiger partial charge in [0.25, 0.3) is 0 Å². The molecule has 1 atom stereocenters. The van der Waals surface area contributed by atoms with Crippen molar-refractivity contribution in [3.05, 3.63) is 64.7 Å². The Balaban J connectivity index is 2.12. The second-order valence-electron chi connectivity index (χ2n) is 6.11. The molecule has 0 amide bonds. The van der Waals surface area contributed by atoms with Gasteiger partial charge in [-0.3, -0.25) is 9.36 Å². The maximum Gasteiger partial charge on any atom is 0.232 e. The molecule has 3 nitrogen and oxygen atoms in total. The number of hydrogen-bond acceptors (Lipinski definition) is 3. The van der Waals surface area contributed by atoms with Gasteiger partial charge in [-0.25, -0.2) is 0 Å². The lowest BCUT2D eigenvalue weighted by Gasteiger charge is -2.22. The van der Waals surface area contributed by atoms with Crippen molar-refractivity contribution in [2.24, 2.45) is 0 Å². The van der Waals surface area contributed by atoms with Gasteiger partial charge in [-0.1, -0.05) is 55.0 Å². The summed E-state index contributed by atoms with van der Waals surface area (Å²) >= 11 is 0. The molecular weight excluding hydrogens is 319 g/mol. The highest BCUT2D eigenvalue weighted by atomic mass is 31.2. The van der Waals surface area contributed by atoms with Crippen molar-refractivity contribution in [2.45, 2.75) is 34.1 Å². The molecule has 2 aromatic carbocycles. The minimum atomic E-state index is -2.95. The van der Waals surface area contributed by atoms with Crippen LogP contribution in [0.3, 0.4) is 0 Å². The van der Waals surface area contributed by atoms with Gasteiger partial charge < -0.3 is 4.52 Å². The summed E-state index contributed by atoms with van der Waals surface area (Å²) in [6, 6.07) is 13.2. The molecule has 0 N–H and O–H groups in total. The number of aryl methyl sites for hydroxylation is 3. The Morgan fingerprint density at radius 2 is 1.62 bits per heavy atom. The topological polar surface area (TPSA) is 43.4 Å². The third-order valence-electron chi connectivity index (χ3n) is 4.12.